The monoisotopic (exact) mass is 434 g/mol. The second-order valence-corrected chi connectivity index (χ2v) is 7.21. The van der Waals surface area contributed by atoms with E-state index in [-0.39, 0.29) is 22.6 Å². The number of benzene rings is 1. The molecular formula is C19H14F4N6S. The molecule has 0 saturated carbocycles. The summed E-state index contributed by atoms with van der Waals surface area (Å²) in [5.74, 6) is -0.000367. The van der Waals surface area contributed by atoms with Crippen molar-refractivity contribution in [2.45, 2.75) is 23.6 Å². The summed E-state index contributed by atoms with van der Waals surface area (Å²) in [6.45, 7) is -1.21. The molecule has 4 rings (SSSR count). The minimum Gasteiger partial charge on any atom is -0.293 e. The summed E-state index contributed by atoms with van der Waals surface area (Å²) >= 11 is 1.09. The third-order valence-corrected chi connectivity index (χ3v) is 5.06. The number of halogens is 4. The number of nitrogens with zero attached hydrogens (tertiary/aromatic N) is 6. The molecule has 0 atom stereocenters. The molecule has 0 spiro atoms. The van der Waals surface area contributed by atoms with Gasteiger partial charge in [-0.1, -0.05) is 17.8 Å². The van der Waals surface area contributed by atoms with Gasteiger partial charge in [-0.3, -0.25) is 9.55 Å². The van der Waals surface area contributed by atoms with Crippen molar-refractivity contribution < 1.29 is 17.6 Å². The lowest BCUT2D eigenvalue weighted by atomic mass is 10.2. The van der Waals surface area contributed by atoms with Crippen LogP contribution in [0.15, 0.2) is 66.2 Å². The number of pyridine rings is 1. The third-order valence-electron chi connectivity index (χ3n) is 4.06. The topological polar surface area (TPSA) is 61.4 Å². The first-order valence-corrected chi connectivity index (χ1v) is 9.71. The molecule has 3 aromatic heterocycles. The van der Waals surface area contributed by atoms with Gasteiger partial charge in [0.2, 0.25) is 0 Å². The van der Waals surface area contributed by atoms with E-state index in [0.29, 0.717) is 16.9 Å². The van der Waals surface area contributed by atoms with Gasteiger partial charge < -0.3 is 0 Å². The zero-order valence-electron chi connectivity index (χ0n) is 15.3. The number of thioether (sulfide) groups is 1. The molecule has 154 valence electrons. The van der Waals surface area contributed by atoms with E-state index >= 15 is 0 Å². The van der Waals surface area contributed by atoms with Gasteiger partial charge in [-0.25, -0.2) is 9.07 Å². The molecule has 3 heterocycles. The summed E-state index contributed by atoms with van der Waals surface area (Å²) in [6, 6.07) is 10.8. The van der Waals surface area contributed by atoms with E-state index in [1.165, 1.54) is 29.2 Å². The molecule has 11 heteroatoms. The van der Waals surface area contributed by atoms with E-state index in [4.69, 9.17) is 0 Å². The first kappa shape index (κ1) is 20.1. The number of aromatic nitrogens is 6. The van der Waals surface area contributed by atoms with Crippen molar-refractivity contribution in [3.63, 3.8) is 0 Å². The molecule has 0 bridgehead atoms. The number of hydrogen-bond acceptors (Lipinski definition) is 5. The maximum atomic E-state index is 13.4. The lowest BCUT2D eigenvalue weighted by Gasteiger charge is -2.12. The Morgan fingerprint density at radius 1 is 1.00 bits per heavy atom. The minimum atomic E-state index is -4.43. The van der Waals surface area contributed by atoms with Gasteiger partial charge in [0.25, 0.3) is 0 Å². The molecule has 0 aliphatic heterocycles. The first-order chi connectivity index (χ1) is 14.4. The van der Waals surface area contributed by atoms with Crippen molar-refractivity contribution in [3.8, 4) is 17.1 Å². The Hall–Kier alpha value is -3.21. The van der Waals surface area contributed by atoms with Gasteiger partial charge >= 0.3 is 6.18 Å². The molecule has 0 radical (unpaired) electrons. The number of alkyl halides is 3. The van der Waals surface area contributed by atoms with Gasteiger partial charge in [0.05, 0.1) is 11.4 Å². The van der Waals surface area contributed by atoms with Crippen LogP contribution in [-0.4, -0.2) is 35.7 Å². The Morgan fingerprint density at radius 3 is 2.53 bits per heavy atom. The van der Waals surface area contributed by atoms with Crippen LogP contribution in [0.5, 0.6) is 0 Å². The first-order valence-electron chi connectivity index (χ1n) is 8.73. The van der Waals surface area contributed by atoms with Gasteiger partial charge in [0.1, 0.15) is 12.4 Å². The fraction of sp³-hybridized carbons (Fsp3) is 0.158. The molecule has 0 aliphatic rings. The van der Waals surface area contributed by atoms with E-state index < -0.39 is 12.7 Å². The second kappa shape index (κ2) is 8.27. The predicted molar refractivity (Wildman–Crippen MR) is 102 cm³/mol. The molecule has 0 N–H and O–H groups in total. The summed E-state index contributed by atoms with van der Waals surface area (Å²) in [7, 11) is 0. The highest BCUT2D eigenvalue weighted by molar-refractivity contribution is 7.98. The number of hydrogen-bond donors (Lipinski definition) is 0. The van der Waals surface area contributed by atoms with Gasteiger partial charge in [-0.15, -0.1) is 10.2 Å². The second-order valence-electron chi connectivity index (χ2n) is 6.26. The standard InChI is InChI=1S/C19H14F4N6S/c20-14-2-1-3-16(10-14)29-9-6-15(27-29)11-30-18-26-25-17(13-4-7-24-8-5-13)28(18)12-19(21,22)23/h1-10H,11-12H2. The maximum absolute atomic E-state index is 13.4. The maximum Gasteiger partial charge on any atom is 0.406 e. The van der Waals surface area contributed by atoms with Crippen LogP contribution in [0.4, 0.5) is 17.6 Å². The van der Waals surface area contributed by atoms with Gasteiger partial charge in [0.15, 0.2) is 11.0 Å². The van der Waals surface area contributed by atoms with Crippen molar-refractivity contribution in [3.05, 3.63) is 72.6 Å². The summed E-state index contributed by atoms with van der Waals surface area (Å²) in [5, 5.41) is 12.4. The fourth-order valence-corrected chi connectivity index (χ4v) is 3.61. The van der Waals surface area contributed by atoms with E-state index in [9.17, 15) is 17.6 Å². The zero-order chi connectivity index (χ0) is 21.1. The van der Waals surface area contributed by atoms with Crippen LogP contribution in [0, 0.1) is 5.82 Å². The van der Waals surface area contributed by atoms with E-state index in [1.807, 2.05) is 0 Å². The van der Waals surface area contributed by atoms with Crippen molar-refractivity contribution >= 4 is 11.8 Å². The van der Waals surface area contributed by atoms with Crippen molar-refractivity contribution in [2.75, 3.05) is 0 Å². The smallest absolute Gasteiger partial charge is 0.293 e. The molecule has 30 heavy (non-hydrogen) atoms. The molecule has 0 fully saturated rings. The summed E-state index contributed by atoms with van der Waals surface area (Å²) in [5.41, 5.74) is 1.65. The average molecular weight is 434 g/mol. The SMILES string of the molecule is Fc1cccc(-n2ccc(CSc3nnc(-c4ccncc4)n3CC(F)(F)F)n2)c1. The average Bonchev–Trinajstić information content (AvgIpc) is 3.33. The molecule has 6 nitrogen and oxygen atoms in total. The highest BCUT2D eigenvalue weighted by Gasteiger charge is 2.31. The van der Waals surface area contributed by atoms with Crippen LogP contribution in [-0.2, 0) is 12.3 Å². The van der Waals surface area contributed by atoms with Crippen LogP contribution in [0.3, 0.4) is 0 Å². The Labute approximate surface area is 172 Å². The Bertz CT molecular complexity index is 1140. The van der Waals surface area contributed by atoms with Crippen molar-refractivity contribution in [1.82, 2.24) is 29.5 Å². The third kappa shape index (κ3) is 4.67. The minimum absolute atomic E-state index is 0.113. The summed E-state index contributed by atoms with van der Waals surface area (Å²) in [6.07, 6.45) is 0.188. The molecule has 1 aromatic carbocycles. The van der Waals surface area contributed by atoms with Gasteiger partial charge in [-0.2, -0.15) is 18.3 Å². The van der Waals surface area contributed by atoms with Crippen LogP contribution in [0.2, 0.25) is 0 Å². The van der Waals surface area contributed by atoms with Crippen LogP contribution >= 0.6 is 11.8 Å². The lowest BCUT2D eigenvalue weighted by Crippen LogP contribution is -2.19. The molecule has 0 unspecified atom stereocenters. The van der Waals surface area contributed by atoms with Gasteiger partial charge in [0, 0.05) is 29.9 Å². The van der Waals surface area contributed by atoms with Gasteiger partial charge in [-0.05, 0) is 36.4 Å². The van der Waals surface area contributed by atoms with Crippen LogP contribution in [0.25, 0.3) is 17.1 Å². The fourth-order valence-electron chi connectivity index (χ4n) is 2.77. The van der Waals surface area contributed by atoms with Crippen LogP contribution < -0.4 is 0 Å². The molecule has 4 aromatic rings. The van der Waals surface area contributed by atoms with E-state index in [2.05, 4.69) is 20.3 Å². The normalized spacial score (nSPS) is 11.7. The Balaban J connectivity index is 1.56. The Kier molecular flexibility index (Phi) is 5.53. The predicted octanol–water partition coefficient (Wildman–Crippen LogP) is 4.52. The van der Waals surface area contributed by atoms with Crippen LogP contribution in [0.1, 0.15) is 5.69 Å². The molecule has 0 amide bonds. The molecule has 0 saturated heterocycles. The summed E-state index contributed by atoms with van der Waals surface area (Å²) in [4.78, 5) is 3.87. The number of rotatable bonds is 6. The highest BCUT2D eigenvalue weighted by atomic mass is 32.2. The largest absolute Gasteiger partial charge is 0.406 e. The zero-order valence-corrected chi connectivity index (χ0v) is 16.1. The molecular weight excluding hydrogens is 420 g/mol. The quantitative estimate of drug-likeness (QED) is 0.330. The highest BCUT2D eigenvalue weighted by Crippen LogP contribution is 2.29. The van der Waals surface area contributed by atoms with E-state index in [1.54, 1.807) is 36.5 Å². The Morgan fingerprint density at radius 2 is 1.80 bits per heavy atom. The lowest BCUT2D eigenvalue weighted by molar-refractivity contribution is -0.141. The summed E-state index contributed by atoms with van der Waals surface area (Å²) < 4.78 is 55.3. The molecule has 0 aliphatic carbocycles. The van der Waals surface area contributed by atoms with Crippen molar-refractivity contribution in [1.29, 1.82) is 0 Å². The van der Waals surface area contributed by atoms with Crippen molar-refractivity contribution in [2.24, 2.45) is 0 Å². The van der Waals surface area contributed by atoms with E-state index in [0.717, 1.165) is 16.3 Å².